The first-order valence-electron chi connectivity index (χ1n) is 5.61. The molecule has 1 aliphatic heterocycles. The lowest BCUT2D eigenvalue weighted by atomic mass is 9.90. The molecule has 0 radical (unpaired) electrons. The zero-order valence-electron chi connectivity index (χ0n) is 9.92. The van der Waals surface area contributed by atoms with Gasteiger partial charge in [0, 0.05) is 18.4 Å². The predicted octanol–water partition coefficient (Wildman–Crippen LogP) is 2.20. The van der Waals surface area contributed by atoms with E-state index in [1.807, 2.05) is 0 Å². The van der Waals surface area contributed by atoms with Gasteiger partial charge >= 0.3 is 0 Å². The van der Waals surface area contributed by atoms with Crippen molar-refractivity contribution in [3.8, 4) is 0 Å². The number of hydrogen-bond donors (Lipinski definition) is 0. The van der Waals surface area contributed by atoms with Gasteiger partial charge in [-0.2, -0.15) is 0 Å². The second-order valence-corrected chi connectivity index (χ2v) is 5.72. The van der Waals surface area contributed by atoms with Crippen molar-refractivity contribution in [2.75, 3.05) is 26.3 Å². The molecule has 0 aromatic rings. The number of nitrogens with zero attached hydrogens (tertiary/aromatic N) is 1. The lowest BCUT2D eigenvalue weighted by molar-refractivity contribution is -0.0204. The largest absolute Gasteiger partial charge is 0.379 e. The van der Waals surface area contributed by atoms with Crippen molar-refractivity contribution in [2.45, 2.75) is 33.0 Å². The summed E-state index contributed by atoms with van der Waals surface area (Å²) in [6.07, 6.45) is 0. The Balaban J connectivity index is 2.75. The Morgan fingerprint density at radius 2 is 1.50 bits per heavy atom. The van der Waals surface area contributed by atoms with Crippen LogP contribution in [0.4, 0.5) is 0 Å². The van der Waals surface area contributed by atoms with E-state index in [0.29, 0.717) is 11.8 Å². The molecule has 1 heterocycles. The van der Waals surface area contributed by atoms with Gasteiger partial charge in [-0.25, -0.2) is 0 Å². The number of rotatable bonds is 3. The molecular formula is C11H24NOP. The summed E-state index contributed by atoms with van der Waals surface area (Å²) in [5, 5.41) is 0.240. The molecule has 2 nitrogen and oxygen atoms in total. The van der Waals surface area contributed by atoms with Gasteiger partial charge in [-0.05, 0) is 11.8 Å². The number of morpholine rings is 1. The first-order valence-corrected chi connectivity index (χ1v) is 6.19. The van der Waals surface area contributed by atoms with Crippen LogP contribution in [-0.4, -0.2) is 36.5 Å². The summed E-state index contributed by atoms with van der Waals surface area (Å²) in [5.74, 6) is 1.32. The van der Waals surface area contributed by atoms with Crippen molar-refractivity contribution in [1.29, 1.82) is 0 Å². The Hall–Kier alpha value is 0.350. The summed E-state index contributed by atoms with van der Waals surface area (Å²) in [6.45, 7) is 13.1. The molecule has 3 heteroatoms. The fraction of sp³-hybridized carbons (Fsp3) is 1.00. The molecule has 0 N–H and O–H groups in total. The second kappa shape index (κ2) is 4.92. The van der Waals surface area contributed by atoms with Crippen LogP contribution in [-0.2, 0) is 4.74 Å². The quantitative estimate of drug-likeness (QED) is 0.672. The van der Waals surface area contributed by atoms with Gasteiger partial charge in [-0.1, -0.05) is 27.7 Å². The Morgan fingerprint density at radius 1 is 1.07 bits per heavy atom. The highest BCUT2D eigenvalue weighted by atomic mass is 31.0. The van der Waals surface area contributed by atoms with Gasteiger partial charge in [0.2, 0.25) is 0 Å². The monoisotopic (exact) mass is 217 g/mol. The molecule has 14 heavy (non-hydrogen) atoms. The van der Waals surface area contributed by atoms with Gasteiger partial charge in [-0.3, -0.25) is 4.90 Å². The third kappa shape index (κ3) is 2.29. The normalized spacial score (nSPS) is 20.8. The molecule has 0 bridgehead atoms. The van der Waals surface area contributed by atoms with Crippen LogP contribution in [0.3, 0.4) is 0 Å². The molecule has 0 aliphatic carbocycles. The van der Waals surface area contributed by atoms with Gasteiger partial charge in [0.05, 0.1) is 13.2 Å². The van der Waals surface area contributed by atoms with Crippen LogP contribution in [0.5, 0.6) is 0 Å². The summed E-state index contributed by atoms with van der Waals surface area (Å²) < 4.78 is 5.40. The standard InChI is InChI=1S/C11H24NOP/c1-9(2)11(14,10(3)4)12-5-7-13-8-6-12/h9-10H,5-8,14H2,1-4H3. The minimum absolute atomic E-state index is 0.240. The Bertz CT molecular complexity index is 168. The van der Waals surface area contributed by atoms with Crippen molar-refractivity contribution in [3.05, 3.63) is 0 Å². The molecule has 1 saturated heterocycles. The zero-order chi connectivity index (χ0) is 10.8. The minimum atomic E-state index is 0.240. The fourth-order valence-electron chi connectivity index (χ4n) is 2.35. The average Bonchev–Trinajstić information content (AvgIpc) is 2.17. The van der Waals surface area contributed by atoms with Crippen LogP contribution in [0.2, 0.25) is 0 Å². The molecule has 1 rings (SSSR count). The van der Waals surface area contributed by atoms with Crippen molar-refractivity contribution in [3.63, 3.8) is 0 Å². The lowest BCUT2D eigenvalue weighted by Crippen LogP contribution is -2.55. The zero-order valence-corrected chi connectivity index (χ0v) is 11.1. The number of ether oxygens (including phenoxy) is 1. The summed E-state index contributed by atoms with van der Waals surface area (Å²) in [6, 6.07) is 0. The average molecular weight is 217 g/mol. The fourth-order valence-corrected chi connectivity index (χ4v) is 2.61. The van der Waals surface area contributed by atoms with Gasteiger partial charge in [0.15, 0.2) is 0 Å². The third-order valence-corrected chi connectivity index (χ3v) is 5.11. The molecule has 0 saturated carbocycles. The van der Waals surface area contributed by atoms with E-state index in [0.717, 1.165) is 26.3 Å². The van der Waals surface area contributed by atoms with E-state index in [2.05, 4.69) is 41.8 Å². The summed E-state index contributed by atoms with van der Waals surface area (Å²) >= 11 is 0. The molecule has 1 unspecified atom stereocenters. The smallest absolute Gasteiger partial charge is 0.0594 e. The number of hydrogen-bond acceptors (Lipinski definition) is 2. The molecule has 0 spiro atoms. The van der Waals surface area contributed by atoms with E-state index in [9.17, 15) is 0 Å². The van der Waals surface area contributed by atoms with Gasteiger partial charge in [0.1, 0.15) is 0 Å². The highest BCUT2D eigenvalue weighted by molar-refractivity contribution is 7.18. The van der Waals surface area contributed by atoms with Gasteiger partial charge in [0.25, 0.3) is 0 Å². The summed E-state index contributed by atoms with van der Waals surface area (Å²) in [5.41, 5.74) is 0. The first-order chi connectivity index (χ1) is 6.49. The molecule has 84 valence electrons. The molecular weight excluding hydrogens is 193 g/mol. The first kappa shape index (κ1) is 12.4. The van der Waals surface area contributed by atoms with Crippen LogP contribution < -0.4 is 0 Å². The van der Waals surface area contributed by atoms with Gasteiger partial charge in [-0.15, -0.1) is 9.24 Å². The predicted molar refractivity (Wildman–Crippen MR) is 64.5 cm³/mol. The lowest BCUT2D eigenvalue weighted by Gasteiger charge is -2.48. The van der Waals surface area contributed by atoms with Crippen molar-refractivity contribution >= 4 is 9.24 Å². The SMILES string of the molecule is CC(C)C(P)(C(C)C)N1CCOCC1. The van der Waals surface area contributed by atoms with Crippen LogP contribution in [0, 0.1) is 11.8 Å². The molecule has 0 aromatic carbocycles. The van der Waals surface area contributed by atoms with Crippen molar-refractivity contribution < 1.29 is 4.74 Å². The molecule has 1 aliphatic rings. The van der Waals surface area contributed by atoms with E-state index in [1.165, 1.54) is 0 Å². The maximum Gasteiger partial charge on any atom is 0.0594 e. The van der Waals surface area contributed by atoms with Crippen LogP contribution >= 0.6 is 9.24 Å². The molecule has 0 amide bonds. The minimum Gasteiger partial charge on any atom is -0.379 e. The topological polar surface area (TPSA) is 12.5 Å². The van der Waals surface area contributed by atoms with Gasteiger partial charge < -0.3 is 4.74 Å². The van der Waals surface area contributed by atoms with E-state index >= 15 is 0 Å². The highest BCUT2D eigenvalue weighted by Crippen LogP contribution is 2.39. The van der Waals surface area contributed by atoms with Crippen LogP contribution in [0.15, 0.2) is 0 Å². The van der Waals surface area contributed by atoms with E-state index in [1.54, 1.807) is 0 Å². The second-order valence-electron chi connectivity index (χ2n) is 4.80. The summed E-state index contributed by atoms with van der Waals surface area (Å²) in [7, 11) is 3.09. The highest BCUT2D eigenvalue weighted by Gasteiger charge is 2.38. The maximum absolute atomic E-state index is 5.40. The van der Waals surface area contributed by atoms with Crippen LogP contribution in [0.1, 0.15) is 27.7 Å². The maximum atomic E-state index is 5.40. The Morgan fingerprint density at radius 3 is 1.86 bits per heavy atom. The van der Waals surface area contributed by atoms with E-state index in [-0.39, 0.29) is 5.28 Å². The third-order valence-electron chi connectivity index (χ3n) is 3.41. The van der Waals surface area contributed by atoms with Crippen LogP contribution in [0.25, 0.3) is 0 Å². The molecule has 1 atom stereocenters. The van der Waals surface area contributed by atoms with Crippen molar-refractivity contribution in [1.82, 2.24) is 4.90 Å². The molecule has 1 fully saturated rings. The Kier molecular flexibility index (Phi) is 4.36. The Labute approximate surface area is 90.6 Å². The van der Waals surface area contributed by atoms with E-state index < -0.39 is 0 Å². The van der Waals surface area contributed by atoms with E-state index in [4.69, 9.17) is 4.74 Å². The summed E-state index contributed by atoms with van der Waals surface area (Å²) in [4.78, 5) is 2.57. The molecule has 0 aromatic heterocycles. The van der Waals surface area contributed by atoms with Crippen molar-refractivity contribution in [2.24, 2.45) is 11.8 Å².